The largest absolute Gasteiger partial charge is 0.365 e. The van der Waals surface area contributed by atoms with Crippen molar-refractivity contribution in [1.82, 2.24) is 5.32 Å². The van der Waals surface area contributed by atoms with E-state index in [2.05, 4.69) is 5.32 Å². The molecule has 1 N–H and O–H groups in total. The quantitative estimate of drug-likeness (QED) is 0.925. The molecular formula is C18H24N2O3. The zero-order chi connectivity index (χ0) is 16.1. The lowest BCUT2D eigenvalue weighted by atomic mass is 9.88. The average Bonchev–Trinajstić information content (AvgIpc) is 2.62. The molecule has 1 heterocycles. The van der Waals surface area contributed by atoms with Crippen molar-refractivity contribution >= 4 is 17.5 Å². The van der Waals surface area contributed by atoms with Crippen LogP contribution in [0, 0.1) is 5.92 Å². The van der Waals surface area contributed by atoms with E-state index in [0.29, 0.717) is 13.1 Å². The predicted molar refractivity (Wildman–Crippen MR) is 88.1 cm³/mol. The highest BCUT2D eigenvalue weighted by Crippen LogP contribution is 2.23. The summed E-state index contributed by atoms with van der Waals surface area (Å²) in [5.74, 6) is 0.252. The van der Waals surface area contributed by atoms with Gasteiger partial charge in [0.15, 0.2) is 0 Å². The number of hydrogen-bond acceptors (Lipinski definition) is 3. The number of carbonyl (C=O) groups is 2. The lowest BCUT2D eigenvalue weighted by molar-refractivity contribution is -0.130. The van der Waals surface area contributed by atoms with E-state index in [9.17, 15) is 9.59 Å². The third-order valence-corrected chi connectivity index (χ3v) is 4.68. The molecule has 2 amide bonds. The summed E-state index contributed by atoms with van der Waals surface area (Å²) in [6, 6.07) is 9.59. The van der Waals surface area contributed by atoms with Gasteiger partial charge in [-0.15, -0.1) is 0 Å². The molecule has 5 nitrogen and oxygen atoms in total. The van der Waals surface area contributed by atoms with Crippen LogP contribution < -0.4 is 10.2 Å². The van der Waals surface area contributed by atoms with Crippen LogP contribution in [0.15, 0.2) is 30.3 Å². The van der Waals surface area contributed by atoms with E-state index in [4.69, 9.17) is 4.74 Å². The minimum absolute atomic E-state index is 0.0361. The van der Waals surface area contributed by atoms with E-state index in [1.807, 2.05) is 30.3 Å². The van der Waals surface area contributed by atoms with Gasteiger partial charge in [0.1, 0.15) is 6.61 Å². The second-order valence-corrected chi connectivity index (χ2v) is 6.35. The SMILES string of the molecule is O=C(NCC1CN(c2ccccc2)C(=O)CO1)C1CCCCC1. The average molecular weight is 316 g/mol. The predicted octanol–water partition coefficient (Wildman–Crippen LogP) is 2.11. The van der Waals surface area contributed by atoms with Gasteiger partial charge in [0, 0.05) is 18.2 Å². The lowest BCUT2D eigenvalue weighted by Gasteiger charge is -2.33. The summed E-state index contributed by atoms with van der Waals surface area (Å²) in [5.41, 5.74) is 0.879. The molecule has 2 aliphatic rings. The third kappa shape index (κ3) is 4.10. The van der Waals surface area contributed by atoms with Crippen LogP contribution in [-0.2, 0) is 14.3 Å². The number of amides is 2. The van der Waals surface area contributed by atoms with Crippen molar-refractivity contribution in [2.75, 3.05) is 24.6 Å². The van der Waals surface area contributed by atoms with Crippen LogP contribution in [0.4, 0.5) is 5.69 Å². The first-order valence-electron chi connectivity index (χ1n) is 8.49. The molecule has 3 rings (SSSR count). The Morgan fingerprint density at radius 1 is 1.17 bits per heavy atom. The molecule has 23 heavy (non-hydrogen) atoms. The summed E-state index contributed by atoms with van der Waals surface area (Å²) in [5, 5.41) is 3.01. The normalized spacial score (nSPS) is 22.9. The van der Waals surface area contributed by atoms with Crippen molar-refractivity contribution in [3.8, 4) is 0 Å². The van der Waals surface area contributed by atoms with Crippen LogP contribution in [0.2, 0.25) is 0 Å². The van der Waals surface area contributed by atoms with Gasteiger partial charge in [0.05, 0.1) is 12.6 Å². The van der Waals surface area contributed by atoms with Gasteiger partial charge in [-0.05, 0) is 25.0 Å². The maximum atomic E-state index is 12.2. The van der Waals surface area contributed by atoms with Gasteiger partial charge in [-0.25, -0.2) is 0 Å². The Balaban J connectivity index is 1.52. The zero-order valence-corrected chi connectivity index (χ0v) is 13.4. The van der Waals surface area contributed by atoms with Crippen LogP contribution in [-0.4, -0.2) is 37.6 Å². The van der Waals surface area contributed by atoms with Crippen LogP contribution in [0.1, 0.15) is 32.1 Å². The van der Waals surface area contributed by atoms with Gasteiger partial charge in [-0.2, -0.15) is 0 Å². The topological polar surface area (TPSA) is 58.6 Å². The van der Waals surface area contributed by atoms with Gasteiger partial charge >= 0.3 is 0 Å². The van der Waals surface area contributed by atoms with Crippen LogP contribution in [0.5, 0.6) is 0 Å². The van der Waals surface area contributed by atoms with E-state index < -0.39 is 0 Å². The van der Waals surface area contributed by atoms with Gasteiger partial charge in [-0.1, -0.05) is 37.5 Å². The Kier molecular flexibility index (Phi) is 5.28. The van der Waals surface area contributed by atoms with Crippen LogP contribution in [0.25, 0.3) is 0 Å². The van der Waals surface area contributed by atoms with E-state index in [-0.39, 0.29) is 30.4 Å². The number of anilines is 1. The van der Waals surface area contributed by atoms with Gasteiger partial charge < -0.3 is 15.0 Å². The number of rotatable bonds is 4. The monoisotopic (exact) mass is 316 g/mol. The van der Waals surface area contributed by atoms with Crippen molar-refractivity contribution in [3.05, 3.63) is 30.3 Å². The maximum Gasteiger partial charge on any atom is 0.253 e. The Morgan fingerprint density at radius 2 is 1.91 bits per heavy atom. The molecule has 124 valence electrons. The number of hydrogen-bond donors (Lipinski definition) is 1. The molecule has 1 unspecified atom stereocenters. The minimum atomic E-state index is -0.152. The second kappa shape index (κ2) is 7.59. The highest BCUT2D eigenvalue weighted by molar-refractivity contribution is 5.95. The molecule has 5 heteroatoms. The zero-order valence-electron chi connectivity index (χ0n) is 13.4. The number of nitrogens with zero attached hydrogens (tertiary/aromatic N) is 1. The number of para-hydroxylation sites is 1. The number of benzene rings is 1. The molecule has 1 aliphatic carbocycles. The Bertz CT molecular complexity index is 540. The van der Waals surface area contributed by atoms with E-state index in [1.54, 1.807) is 4.90 Å². The summed E-state index contributed by atoms with van der Waals surface area (Å²) >= 11 is 0. The molecule has 1 aromatic rings. The summed E-state index contributed by atoms with van der Waals surface area (Å²) in [6.07, 6.45) is 5.37. The molecule has 1 aromatic carbocycles. The first kappa shape index (κ1) is 16.0. The fourth-order valence-electron chi connectivity index (χ4n) is 3.33. The summed E-state index contributed by atoms with van der Waals surface area (Å²) in [7, 11) is 0. The van der Waals surface area contributed by atoms with Gasteiger partial charge in [-0.3, -0.25) is 9.59 Å². The fraction of sp³-hybridized carbons (Fsp3) is 0.556. The molecule has 0 spiro atoms. The molecule has 0 radical (unpaired) electrons. The molecule has 1 saturated heterocycles. The highest BCUT2D eigenvalue weighted by atomic mass is 16.5. The standard InChI is InChI=1S/C18H24N2O3/c21-17-13-23-16(12-20(17)15-9-5-2-6-10-15)11-19-18(22)14-7-3-1-4-8-14/h2,5-6,9-10,14,16H,1,3-4,7-8,11-13H2,(H,19,22). The first-order valence-corrected chi connectivity index (χ1v) is 8.49. The molecule has 0 bridgehead atoms. The first-order chi connectivity index (χ1) is 11.2. The highest BCUT2D eigenvalue weighted by Gasteiger charge is 2.28. The second-order valence-electron chi connectivity index (χ2n) is 6.35. The molecule has 1 aliphatic heterocycles. The molecule has 1 saturated carbocycles. The number of ether oxygens (including phenoxy) is 1. The molecule has 1 atom stereocenters. The summed E-state index contributed by atoms with van der Waals surface area (Å²) in [6.45, 7) is 1.01. The van der Waals surface area contributed by atoms with E-state index in [0.717, 1.165) is 31.4 Å². The van der Waals surface area contributed by atoms with Crippen molar-refractivity contribution in [2.45, 2.75) is 38.2 Å². The summed E-state index contributed by atoms with van der Waals surface area (Å²) in [4.78, 5) is 26.0. The Morgan fingerprint density at radius 3 is 2.65 bits per heavy atom. The minimum Gasteiger partial charge on any atom is -0.365 e. The molecule has 0 aromatic heterocycles. The fourth-order valence-corrected chi connectivity index (χ4v) is 3.33. The van der Waals surface area contributed by atoms with Crippen molar-refractivity contribution in [2.24, 2.45) is 5.92 Å². The third-order valence-electron chi connectivity index (χ3n) is 4.68. The smallest absolute Gasteiger partial charge is 0.253 e. The number of nitrogens with one attached hydrogen (secondary N) is 1. The maximum absolute atomic E-state index is 12.2. The summed E-state index contributed by atoms with van der Waals surface area (Å²) < 4.78 is 5.57. The Hall–Kier alpha value is -1.88. The van der Waals surface area contributed by atoms with E-state index in [1.165, 1.54) is 6.42 Å². The number of morpholine rings is 1. The van der Waals surface area contributed by atoms with Crippen LogP contribution in [0.3, 0.4) is 0 Å². The van der Waals surface area contributed by atoms with E-state index >= 15 is 0 Å². The van der Waals surface area contributed by atoms with Crippen LogP contribution >= 0.6 is 0 Å². The lowest BCUT2D eigenvalue weighted by Crippen LogP contribution is -2.51. The van der Waals surface area contributed by atoms with Gasteiger partial charge in [0.2, 0.25) is 5.91 Å². The number of carbonyl (C=O) groups excluding carboxylic acids is 2. The van der Waals surface area contributed by atoms with Gasteiger partial charge in [0.25, 0.3) is 5.91 Å². The molecular weight excluding hydrogens is 292 g/mol. The van der Waals surface area contributed by atoms with Crippen molar-refractivity contribution in [3.63, 3.8) is 0 Å². The van der Waals surface area contributed by atoms with Crippen molar-refractivity contribution < 1.29 is 14.3 Å². The Labute approximate surface area is 137 Å². The van der Waals surface area contributed by atoms with Crippen molar-refractivity contribution in [1.29, 1.82) is 0 Å². The molecule has 2 fully saturated rings.